The minimum absolute atomic E-state index is 0.118. The Balaban J connectivity index is 1.75. The lowest BCUT2D eigenvalue weighted by Crippen LogP contribution is -2.50. The molecule has 0 N–H and O–H groups in total. The van der Waals surface area contributed by atoms with Crippen molar-refractivity contribution in [2.24, 2.45) is 0 Å². The first kappa shape index (κ1) is 18.2. The van der Waals surface area contributed by atoms with Crippen LogP contribution in [0, 0.1) is 0 Å². The normalized spacial score (nSPS) is 20.8. The third kappa shape index (κ3) is 3.81. The molecule has 0 spiro atoms. The Bertz CT molecular complexity index is 809. The van der Waals surface area contributed by atoms with Crippen molar-refractivity contribution < 1.29 is 14.3 Å². The predicted octanol–water partition coefficient (Wildman–Crippen LogP) is 3.54. The SMILES string of the molecule is C=Cc1cnc2c(O[C@@H]3CC[C@@H](C)N(C(=O)OC(C)(C)C)C3)nccn12. The molecule has 1 aliphatic heterocycles. The summed E-state index contributed by atoms with van der Waals surface area (Å²) in [5.74, 6) is 0.462. The van der Waals surface area contributed by atoms with Crippen LogP contribution in [0.25, 0.3) is 11.7 Å². The third-order valence-corrected chi connectivity index (χ3v) is 4.38. The lowest BCUT2D eigenvalue weighted by atomic mass is 10.0. The average Bonchev–Trinajstić information content (AvgIpc) is 2.99. The molecule has 0 aliphatic carbocycles. The number of imidazole rings is 1. The summed E-state index contributed by atoms with van der Waals surface area (Å²) in [5.41, 5.74) is 0.999. The van der Waals surface area contributed by atoms with E-state index < -0.39 is 5.60 Å². The number of nitrogens with zero attached hydrogens (tertiary/aromatic N) is 4. The molecule has 1 aliphatic rings. The minimum atomic E-state index is -0.519. The van der Waals surface area contributed by atoms with Gasteiger partial charge in [0.1, 0.15) is 11.7 Å². The van der Waals surface area contributed by atoms with E-state index in [2.05, 4.69) is 16.5 Å². The Labute approximate surface area is 153 Å². The highest BCUT2D eigenvalue weighted by molar-refractivity contribution is 5.68. The van der Waals surface area contributed by atoms with Crippen molar-refractivity contribution >= 4 is 17.8 Å². The van der Waals surface area contributed by atoms with Crippen LogP contribution < -0.4 is 4.74 Å². The molecule has 7 nitrogen and oxygen atoms in total. The summed E-state index contributed by atoms with van der Waals surface area (Å²) in [7, 11) is 0. The van der Waals surface area contributed by atoms with Crippen LogP contribution in [0.5, 0.6) is 5.88 Å². The molecule has 0 unspecified atom stereocenters. The Morgan fingerprint density at radius 2 is 2.12 bits per heavy atom. The summed E-state index contributed by atoms with van der Waals surface area (Å²) in [6.45, 7) is 11.9. The van der Waals surface area contributed by atoms with Gasteiger partial charge in [-0.05, 0) is 46.6 Å². The van der Waals surface area contributed by atoms with Crippen LogP contribution in [-0.2, 0) is 4.74 Å². The summed E-state index contributed by atoms with van der Waals surface area (Å²) in [5, 5.41) is 0. The molecule has 1 saturated heterocycles. The highest BCUT2D eigenvalue weighted by Crippen LogP contribution is 2.25. The number of carbonyl (C=O) groups excluding carboxylic acids is 1. The molecule has 7 heteroatoms. The molecule has 2 aromatic heterocycles. The van der Waals surface area contributed by atoms with E-state index in [0.29, 0.717) is 18.1 Å². The average molecular weight is 358 g/mol. The van der Waals surface area contributed by atoms with E-state index in [4.69, 9.17) is 9.47 Å². The second kappa shape index (κ2) is 6.97. The summed E-state index contributed by atoms with van der Waals surface area (Å²) >= 11 is 0. The van der Waals surface area contributed by atoms with E-state index in [1.165, 1.54) is 0 Å². The molecule has 0 aromatic carbocycles. The smallest absolute Gasteiger partial charge is 0.410 e. The van der Waals surface area contributed by atoms with Crippen molar-refractivity contribution in [3.05, 3.63) is 30.9 Å². The fourth-order valence-electron chi connectivity index (χ4n) is 3.05. The molecule has 0 bridgehead atoms. The molecular formula is C19H26N4O3. The molecule has 2 atom stereocenters. The monoisotopic (exact) mass is 358 g/mol. The zero-order valence-corrected chi connectivity index (χ0v) is 15.8. The molecule has 1 fully saturated rings. The van der Waals surface area contributed by atoms with Gasteiger partial charge in [0.15, 0.2) is 0 Å². The molecule has 3 rings (SSSR count). The van der Waals surface area contributed by atoms with E-state index >= 15 is 0 Å². The van der Waals surface area contributed by atoms with Gasteiger partial charge in [-0.15, -0.1) is 0 Å². The number of piperidine rings is 1. The van der Waals surface area contributed by atoms with Gasteiger partial charge in [-0.1, -0.05) is 6.58 Å². The van der Waals surface area contributed by atoms with Crippen LogP contribution in [0.1, 0.15) is 46.2 Å². The first-order valence-corrected chi connectivity index (χ1v) is 8.89. The minimum Gasteiger partial charge on any atom is -0.470 e. The zero-order valence-electron chi connectivity index (χ0n) is 15.8. The first-order chi connectivity index (χ1) is 12.3. The van der Waals surface area contributed by atoms with Crippen LogP contribution >= 0.6 is 0 Å². The Morgan fingerprint density at radius 1 is 1.35 bits per heavy atom. The van der Waals surface area contributed by atoms with Gasteiger partial charge in [-0.25, -0.2) is 14.8 Å². The van der Waals surface area contributed by atoms with Gasteiger partial charge in [-0.3, -0.25) is 4.40 Å². The number of aromatic nitrogens is 3. The van der Waals surface area contributed by atoms with E-state index in [9.17, 15) is 4.79 Å². The number of ether oxygens (including phenoxy) is 2. The number of fused-ring (bicyclic) bond motifs is 1. The predicted molar refractivity (Wildman–Crippen MR) is 99.1 cm³/mol. The van der Waals surface area contributed by atoms with E-state index in [0.717, 1.165) is 18.5 Å². The second-order valence-electron chi connectivity index (χ2n) is 7.61. The van der Waals surface area contributed by atoms with Crippen molar-refractivity contribution in [2.75, 3.05) is 6.54 Å². The summed E-state index contributed by atoms with van der Waals surface area (Å²) in [4.78, 5) is 22.9. The van der Waals surface area contributed by atoms with Gasteiger partial charge in [0.25, 0.3) is 5.88 Å². The summed E-state index contributed by atoms with van der Waals surface area (Å²) in [6.07, 6.45) is 8.19. The van der Waals surface area contributed by atoms with Gasteiger partial charge < -0.3 is 14.4 Å². The number of hydrogen-bond acceptors (Lipinski definition) is 5. The van der Waals surface area contributed by atoms with E-state index in [-0.39, 0.29) is 18.2 Å². The molecular weight excluding hydrogens is 332 g/mol. The van der Waals surface area contributed by atoms with Crippen LogP contribution in [0.2, 0.25) is 0 Å². The zero-order chi connectivity index (χ0) is 18.9. The lowest BCUT2D eigenvalue weighted by molar-refractivity contribution is -0.00581. The summed E-state index contributed by atoms with van der Waals surface area (Å²) < 4.78 is 13.5. The van der Waals surface area contributed by atoms with Crippen molar-refractivity contribution in [3.63, 3.8) is 0 Å². The molecule has 26 heavy (non-hydrogen) atoms. The first-order valence-electron chi connectivity index (χ1n) is 8.89. The van der Waals surface area contributed by atoms with Gasteiger partial charge in [0.05, 0.1) is 18.4 Å². The van der Waals surface area contributed by atoms with Crippen molar-refractivity contribution in [1.29, 1.82) is 0 Å². The van der Waals surface area contributed by atoms with Gasteiger partial charge in [0.2, 0.25) is 5.65 Å². The fourth-order valence-corrected chi connectivity index (χ4v) is 3.05. The number of carbonyl (C=O) groups is 1. The number of amides is 1. The topological polar surface area (TPSA) is 69.0 Å². The Kier molecular flexibility index (Phi) is 4.89. The van der Waals surface area contributed by atoms with Crippen LogP contribution in [0.15, 0.2) is 25.2 Å². The lowest BCUT2D eigenvalue weighted by Gasteiger charge is -2.38. The van der Waals surface area contributed by atoms with Crippen LogP contribution in [0.4, 0.5) is 4.79 Å². The van der Waals surface area contributed by atoms with Crippen molar-refractivity contribution in [1.82, 2.24) is 19.3 Å². The third-order valence-electron chi connectivity index (χ3n) is 4.38. The number of rotatable bonds is 3. The standard InChI is InChI=1S/C19H26N4O3/c1-6-14-11-21-16-17(20-9-10-22(14)16)25-15-8-7-13(2)23(12-15)18(24)26-19(3,4)5/h6,9-11,13,15H,1,7-8,12H2,2-5H3/t13-,15-/m1/s1. The molecule has 140 valence electrons. The molecule has 2 aromatic rings. The molecule has 3 heterocycles. The van der Waals surface area contributed by atoms with Crippen LogP contribution in [0.3, 0.4) is 0 Å². The largest absolute Gasteiger partial charge is 0.470 e. The highest BCUT2D eigenvalue weighted by Gasteiger charge is 2.33. The highest BCUT2D eigenvalue weighted by atomic mass is 16.6. The van der Waals surface area contributed by atoms with Gasteiger partial charge in [0, 0.05) is 18.4 Å². The number of hydrogen-bond donors (Lipinski definition) is 0. The van der Waals surface area contributed by atoms with Gasteiger partial charge in [-0.2, -0.15) is 0 Å². The maximum absolute atomic E-state index is 12.5. The maximum Gasteiger partial charge on any atom is 0.410 e. The number of likely N-dealkylation sites (tertiary alicyclic amines) is 1. The van der Waals surface area contributed by atoms with Gasteiger partial charge >= 0.3 is 6.09 Å². The van der Waals surface area contributed by atoms with Crippen molar-refractivity contribution in [2.45, 2.75) is 58.3 Å². The van der Waals surface area contributed by atoms with Crippen molar-refractivity contribution in [3.8, 4) is 5.88 Å². The quantitative estimate of drug-likeness (QED) is 0.839. The molecule has 0 radical (unpaired) electrons. The Hall–Kier alpha value is -2.57. The maximum atomic E-state index is 12.5. The van der Waals surface area contributed by atoms with E-state index in [1.807, 2.05) is 38.3 Å². The summed E-state index contributed by atoms with van der Waals surface area (Å²) in [6, 6.07) is 0.118. The van der Waals surface area contributed by atoms with E-state index in [1.54, 1.807) is 23.4 Å². The fraction of sp³-hybridized carbons (Fsp3) is 0.526. The Morgan fingerprint density at radius 3 is 2.81 bits per heavy atom. The molecule has 1 amide bonds. The van der Waals surface area contributed by atoms with Crippen LogP contribution in [-0.4, -0.2) is 49.7 Å². The molecule has 0 saturated carbocycles. The second-order valence-corrected chi connectivity index (χ2v) is 7.61.